The summed E-state index contributed by atoms with van der Waals surface area (Å²) in [5, 5.41) is 2.82. The topological polar surface area (TPSA) is 61.9 Å². The summed E-state index contributed by atoms with van der Waals surface area (Å²) in [6, 6.07) is 4.90. The molecule has 0 aliphatic carbocycles. The molecule has 7 heteroatoms. The predicted molar refractivity (Wildman–Crippen MR) is 104 cm³/mol. The Labute approximate surface area is 165 Å². The van der Waals surface area contributed by atoms with Gasteiger partial charge in [-0.2, -0.15) is 0 Å². The van der Waals surface area contributed by atoms with Gasteiger partial charge in [-0.05, 0) is 56.5 Å². The van der Waals surface area contributed by atoms with Crippen LogP contribution in [0.25, 0.3) is 0 Å². The maximum absolute atomic E-state index is 13.8. The summed E-state index contributed by atoms with van der Waals surface area (Å²) in [6.45, 7) is 6.52. The summed E-state index contributed by atoms with van der Waals surface area (Å²) >= 11 is 0. The van der Waals surface area contributed by atoms with E-state index in [-0.39, 0.29) is 12.6 Å². The first-order valence-corrected chi connectivity index (χ1v) is 9.83. The fraction of sp³-hybridized carbons (Fsp3) is 0.524. The number of ether oxygens (including phenoxy) is 1. The number of esters is 1. The van der Waals surface area contributed by atoms with E-state index < -0.39 is 17.8 Å². The molecule has 0 aromatic heterocycles. The van der Waals surface area contributed by atoms with Gasteiger partial charge in [0.05, 0.1) is 18.2 Å². The number of nitrogens with zero attached hydrogens (tertiary/aromatic N) is 2. The standard InChI is InChI=1S/C21H28FN3O3/c1-4-28-20(26)18-17(13-25-10-8-14(2)9-11-25)24(3)21(27)23-19(18)15-6-5-7-16(22)12-15/h5-7,12,14,19H,4,8-11,13H2,1-3H3,(H,23,27). The molecule has 2 amide bonds. The highest BCUT2D eigenvalue weighted by Gasteiger charge is 2.37. The third kappa shape index (κ3) is 4.35. The van der Waals surface area contributed by atoms with Crippen LogP contribution in [0, 0.1) is 11.7 Å². The van der Waals surface area contributed by atoms with Gasteiger partial charge in [-0.25, -0.2) is 14.0 Å². The zero-order valence-corrected chi connectivity index (χ0v) is 16.7. The first-order valence-electron chi connectivity index (χ1n) is 9.83. The Bertz CT molecular complexity index is 772. The number of likely N-dealkylation sites (tertiary alicyclic amines) is 1. The monoisotopic (exact) mass is 389 g/mol. The van der Waals surface area contributed by atoms with E-state index in [0.29, 0.717) is 29.3 Å². The Hall–Kier alpha value is -2.41. The van der Waals surface area contributed by atoms with Gasteiger partial charge in [0.2, 0.25) is 0 Å². The van der Waals surface area contributed by atoms with E-state index in [1.807, 2.05) is 0 Å². The van der Waals surface area contributed by atoms with Crippen molar-refractivity contribution in [1.82, 2.24) is 15.1 Å². The molecule has 6 nitrogen and oxygen atoms in total. The third-order valence-electron chi connectivity index (χ3n) is 5.50. The third-order valence-corrected chi connectivity index (χ3v) is 5.50. The molecule has 1 fully saturated rings. The summed E-state index contributed by atoms with van der Waals surface area (Å²) in [5.41, 5.74) is 1.51. The molecule has 1 aromatic rings. The number of halogens is 1. The quantitative estimate of drug-likeness (QED) is 0.787. The second-order valence-corrected chi connectivity index (χ2v) is 7.54. The van der Waals surface area contributed by atoms with Crippen LogP contribution in [0.1, 0.15) is 38.3 Å². The molecule has 1 aromatic carbocycles. The number of rotatable bonds is 5. The number of carbonyl (C=O) groups excluding carboxylic acids is 2. The van der Waals surface area contributed by atoms with Gasteiger partial charge in [0.15, 0.2) is 0 Å². The molecule has 2 aliphatic heterocycles. The number of piperidine rings is 1. The van der Waals surface area contributed by atoms with Crippen molar-refractivity contribution in [2.24, 2.45) is 5.92 Å². The average Bonchev–Trinajstić information content (AvgIpc) is 2.67. The number of urea groups is 1. The number of carbonyl (C=O) groups is 2. The number of hydrogen-bond acceptors (Lipinski definition) is 4. The van der Waals surface area contributed by atoms with Crippen molar-refractivity contribution >= 4 is 12.0 Å². The lowest BCUT2D eigenvalue weighted by Crippen LogP contribution is -2.50. The van der Waals surface area contributed by atoms with Crippen LogP contribution in [-0.4, -0.2) is 55.1 Å². The molecule has 1 unspecified atom stereocenters. The Morgan fingerprint density at radius 3 is 2.68 bits per heavy atom. The predicted octanol–water partition coefficient (Wildman–Crippen LogP) is 3.07. The van der Waals surface area contributed by atoms with E-state index in [0.717, 1.165) is 25.9 Å². The molecular formula is C21H28FN3O3. The smallest absolute Gasteiger partial charge is 0.338 e. The largest absolute Gasteiger partial charge is 0.463 e. The molecule has 1 atom stereocenters. The summed E-state index contributed by atoms with van der Waals surface area (Å²) in [7, 11) is 1.65. The van der Waals surface area contributed by atoms with Crippen molar-refractivity contribution in [3.8, 4) is 0 Å². The SMILES string of the molecule is CCOC(=O)C1=C(CN2CCC(C)CC2)N(C)C(=O)NC1c1cccc(F)c1. The van der Waals surface area contributed by atoms with Crippen LogP contribution < -0.4 is 5.32 Å². The Morgan fingerprint density at radius 1 is 1.32 bits per heavy atom. The Balaban J connectivity index is 2.02. The molecule has 0 saturated carbocycles. The highest BCUT2D eigenvalue weighted by atomic mass is 19.1. The number of nitrogens with one attached hydrogen (secondary N) is 1. The molecule has 152 valence electrons. The molecule has 0 spiro atoms. The van der Waals surface area contributed by atoms with Gasteiger partial charge >= 0.3 is 12.0 Å². The van der Waals surface area contributed by atoms with Crippen LogP contribution in [0.15, 0.2) is 35.5 Å². The fourth-order valence-corrected chi connectivity index (χ4v) is 3.77. The van der Waals surface area contributed by atoms with E-state index in [4.69, 9.17) is 4.74 Å². The minimum absolute atomic E-state index is 0.227. The molecule has 1 N–H and O–H groups in total. The van der Waals surface area contributed by atoms with Gasteiger partial charge in [-0.3, -0.25) is 9.80 Å². The van der Waals surface area contributed by atoms with Crippen molar-refractivity contribution in [3.63, 3.8) is 0 Å². The molecule has 3 rings (SSSR count). The molecule has 0 radical (unpaired) electrons. The van der Waals surface area contributed by atoms with Crippen molar-refractivity contribution in [1.29, 1.82) is 0 Å². The molecule has 0 bridgehead atoms. The van der Waals surface area contributed by atoms with Gasteiger partial charge in [0, 0.05) is 19.3 Å². The van der Waals surface area contributed by atoms with Crippen molar-refractivity contribution < 1.29 is 18.7 Å². The molecule has 2 aliphatic rings. The normalized spacial score (nSPS) is 21.6. The van der Waals surface area contributed by atoms with Gasteiger partial charge < -0.3 is 10.1 Å². The van der Waals surface area contributed by atoms with E-state index in [2.05, 4.69) is 17.1 Å². The lowest BCUT2D eigenvalue weighted by molar-refractivity contribution is -0.139. The fourth-order valence-electron chi connectivity index (χ4n) is 3.77. The second kappa shape index (κ2) is 8.73. The number of amides is 2. The molecule has 28 heavy (non-hydrogen) atoms. The maximum Gasteiger partial charge on any atom is 0.338 e. The van der Waals surface area contributed by atoms with Crippen molar-refractivity contribution in [2.45, 2.75) is 32.7 Å². The van der Waals surface area contributed by atoms with E-state index in [1.54, 1.807) is 26.1 Å². The van der Waals surface area contributed by atoms with Crippen LogP contribution in [-0.2, 0) is 9.53 Å². The van der Waals surface area contributed by atoms with E-state index in [9.17, 15) is 14.0 Å². The maximum atomic E-state index is 13.8. The molecule has 1 saturated heterocycles. The lowest BCUT2D eigenvalue weighted by Gasteiger charge is -2.38. The summed E-state index contributed by atoms with van der Waals surface area (Å²) < 4.78 is 19.1. The van der Waals surface area contributed by atoms with Crippen LogP contribution in [0.3, 0.4) is 0 Å². The van der Waals surface area contributed by atoms with Crippen LogP contribution in [0.5, 0.6) is 0 Å². The van der Waals surface area contributed by atoms with Crippen molar-refractivity contribution in [2.75, 3.05) is 33.3 Å². The highest BCUT2D eigenvalue weighted by molar-refractivity contribution is 5.95. The highest BCUT2D eigenvalue weighted by Crippen LogP contribution is 2.32. The Kier molecular flexibility index (Phi) is 6.34. The van der Waals surface area contributed by atoms with Crippen LogP contribution >= 0.6 is 0 Å². The van der Waals surface area contributed by atoms with Gasteiger partial charge in [0.1, 0.15) is 5.82 Å². The summed E-state index contributed by atoms with van der Waals surface area (Å²) in [5.74, 6) is -0.216. The number of likely N-dealkylation sites (N-methyl/N-ethyl adjacent to an activating group) is 1. The zero-order chi connectivity index (χ0) is 20.3. The van der Waals surface area contributed by atoms with Gasteiger partial charge in [0.25, 0.3) is 0 Å². The van der Waals surface area contributed by atoms with E-state index in [1.165, 1.54) is 17.0 Å². The number of hydrogen-bond donors (Lipinski definition) is 1. The first-order chi connectivity index (χ1) is 13.4. The minimum atomic E-state index is -0.739. The van der Waals surface area contributed by atoms with E-state index >= 15 is 0 Å². The molecular weight excluding hydrogens is 361 g/mol. The first kappa shape index (κ1) is 20.3. The average molecular weight is 389 g/mol. The number of benzene rings is 1. The Morgan fingerprint density at radius 2 is 2.04 bits per heavy atom. The van der Waals surface area contributed by atoms with Gasteiger partial charge in [-0.1, -0.05) is 19.1 Å². The van der Waals surface area contributed by atoms with Crippen molar-refractivity contribution in [3.05, 3.63) is 46.9 Å². The minimum Gasteiger partial charge on any atom is -0.463 e. The summed E-state index contributed by atoms with van der Waals surface area (Å²) in [6.07, 6.45) is 2.18. The summed E-state index contributed by atoms with van der Waals surface area (Å²) in [4.78, 5) is 29.2. The lowest BCUT2D eigenvalue weighted by atomic mass is 9.93. The van der Waals surface area contributed by atoms with Crippen LogP contribution in [0.2, 0.25) is 0 Å². The van der Waals surface area contributed by atoms with Crippen LogP contribution in [0.4, 0.5) is 9.18 Å². The van der Waals surface area contributed by atoms with Gasteiger partial charge in [-0.15, -0.1) is 0 Å². The second-order valence-electron chi connectivity index (χ2n) is 7.54. The zero-order valence-electron chi connectivity index (χ0n) is 16.7. The molecule has 2 heterocycles.